The van der Waals surface area contributed by atoms with Crippen LogP contribution in [0.4, 0.5) is 0 Å². The molecule has 17 heavy (non-hydrogen) atoms. The van der Waals surface area contributed by atoms with E-state index in [1.165, 1.54) is 0 Å². The molecule has 1 aromatic rings. The first-order valence-corrected chi connectivity index (χ1v) is 6.62. The normalized spacial score (nSPS) is 12.2. The van der Waals surface area contributed by atoms with Crippen molar-refractivity contribution in [2.45, 2.75) is 25.8 Å². The van der Waals surface area contributed by atoms with Crippen LogP contribution in [0.3, 0.4) is 0 Å². The minimum Gasteiger partial charge on any atom is -0.350 e. The van der Waals surface area contributed by atoms with Gasteiger partial charge in [0.15, 0.2) is 0 Å². The van der Waals surface area contributed by atoms with E-state index >= 15 is 0 Å². The Labute approximate surface area is 111 Å². The molecule has 0 aliphatic carbocycles. The van der Waals surface area contributed by atoms with Crippen LogP contribution in [0.5, 0.6) is 0 Å². The molecule has 1 rings (SSSR count). The molecular weight excluding hydrogens is 280 g/mol. The number of hydrogen-bond acceptors (Lipinski definition) is 2. The van der Waals surface area contributed by atoms with E-state index < -0.39 is 0 Å². The Morgan fingerprint density at radius 3 is 2.59 bits per heavy atom. The van der Waals surface area contributed by atoms with E-state index in [-0.39, 0.29) is 11.9 Å². The van der Waals surface area contributed by atoms with Gasteiger partial charge in [-0.3, -0.25) is 4.79 Å². The standard InChI is InChI=1S/C13H19BrN2O/c1-10(11-5-7-12(14)8-6-11)16-13(17)4-3-9-15-2/h5-8,10,15H,3-4,9H2,1-2H3,(H,16,17)/t10-/m0/s1. The molecule has 0 fully saturated rings. The maximum Gasteiger partial charge on any atom is 0.220 e. The average Bonchev–Trinajstić information content (AvgIpc) is 2.30. The monoisotopic (exact) mass is 298 g/mol. The van der Waals surface area contributed by atoms with Crippen molar-refractivity contribution in [2.75, 3.05) is 13.6 Å². The molecule has 0 radical (unpaired) electrons. The summed E-state index contributed by atoms with van der Waals surface area (Å²) in [5.74, 6) is 0.107. The van der Waals surface area contributed by atoms with Crippen molar-refractivity contribution in [1.82, 2.24) is 10.6 Å². The lowest BCUT2D eigenvalue weighted by Gasteiger charge is -2.14. The van der Waals surface area contributed by atoms with Crippen LogP contribution in [-0.2, 0) is 4.79 Å². The molecule has 0 heterocycles. The highest BCUT2D eigenvalue weighted by atomic mass is 79.9. The molecule has 0 saturated carbocycles. The molecule has 94 valence electrons. The predicted octanol–water partition coefficient (Wildman–Crippen LogP) is 2.63. The second kappa shape index (κ2) is 7.45. The van der Waals surface area contributed by atoms with Gasteiger partial charge in [0.2, 0.25) is 5.91 Å². The number of benzene rings is 1. The average molecular weight is 299 g/mol. The minimum atomic E-state index is 0.0604. The Morgan fingerprint density at radius 1 is 1.35 bits per heavy atom. The molecule has 0 aliphatic rings. The van der Waals surface area contributed by atoms with Crippen LogP contribution in [0.15, 0.2) is 28.7 Å². The van der Waals surface area contributed by atoms with E-state index in [0.717, 1.165) is 23.0 Å². The first-order chi connectivity index (χ1) is 8.13. The van der Waals surface area contributed by atoms with Gasteiger partial charge in [0.05, 0.1) is 6.04 Å². The van der Waals surface area contributed by atoms with Gasteiger partial charge in [-0.05, 0) is 44.6 Å². The first kappa shape index (κ1) is 14.2. The summed E-state index contributed by atoms with van der Waals surface area (Å²) in [4.78, 5) is 11.6. The number of rotatable bonds is 6. The Balaban J connectivity index is 2.40. The van der Waals surface area contributed by atoms with Crippen LogP contribution >= 0.6 is 15.9 Å². The van der Waals surface area contributed by atoms with Crippen LogP contribution in [0.1, 0.15) is 31.4 Å². The fourth-order valence-corrected chi connectivity index (χ4v) is 1.84. The quantitative estimate of drug-likeness (QED) is 0.793. The summed E-state index contributed by atoms with van der Waals surface area (Å²) in [6, 6.07) is 8.06. The second-order valence-corrected chi connectivity index (χ2v) is 4.96. The minimum absolute atomic E-state index is 0.0604. The Morgan fingerprint density at radius 2 is 2.00 bits per heavy atom. The van der Waals surface area contributed by atoms with Gasteiger partial charge in [0.25, 0.3) is 0 Å². The summed E-state index contributed by atoms with van der Waals surface area (Å²) < 4.78 is 1.05. The number of hydrogen-bond donors (Lipinski definition) is 2. The van der Waals surface area contributed by atoms with Gasteiger partial charge in [0.1, 0.15) is 0 Å². The molecule has 0 aromatic heterocycles. The largest absolute Gasteiger partial charge is 0.350 e. The van der Waals surface area contributed by atoms with Crippen LogP contribution in [0, 0.1) is 0 Å². The van der Waals surface area contributed by atoms with E-state index in [4.69, 9.17) is 0 Å². The zero-order valence-corrected chi connectivity index (χ0v) is 11.9. The molecule has 0 bridgehead atoms. The van der Waals surface area contributed by atoms with Gasteiger partial charge in [-0.2, -0.15) is 0 Å². The predicted molar refractivity (Wildman–Crippen MR) is 73.9 cm³/mol. The lowest BCUT2D eigenvalue weighted by atomic mass is 10.1. The van der Waals surface area contributed by atoms with Crippen molar-refractivity contribution >= 4 is 21.8 Å². The third kappa shape index (κ3) is 5.33. The van der Waals surface area contributed by atoms with Crippen LogP contribution < -0.4 is 10.6 Å². The van der Waals surface area contributed by atoms with Crippen molar-refractivity contribution in [3.8, 4) is 0 Å². The van der Waals surface area contributed by atoms with E-state index in [1.807, 2.05) is 38.2 Å². The summed E-state index contributed by atoms with van der Waals surface area (Å²) in [5.41, 5.74) is 1.12. The van der Waals surface area contributed by atoms with Crippen molar-refractivity contribution in [3.05, 3.63) is 34.3 Å². The van der Waals surface area contributed by atoms with Gasteiger partial charge in [-0.1, -0.05) is 28.1 Å². The number of nitrogens with one attached hydrogen (secondary N) is 2. The van der Waals surface area contributed by atoms with Crippen molar-refractivity contribution in [2.24, 2.45) is 0 Å². The van der Waals surface area contributed by atoms with Crippen LogP contribution in [0.2, 0.25) is 0 Å². The second-order valence-electron chi connectivity index (χ2n) is 4.05. The third-order valence-electron chi connectivity index (χ3n) is 2.58. The van der Waals surface area contributed by atoms with Crippen LogP contribution in [-0.4, -0.2) is 19.5 Å². The highest BCUT2D eigenvalue weighted by Gasteiger charge is 2.08. The van der Waals surface area contributed by atoms with Gasteiger partial charge in [0, 0.05) is 10.9 Å². The molecule has 0 saturated heterocycles. The summed E-state index contributed by atoms with van der Waals surface area (Å²) in [5, 5.41) is 6.02. The zero-order valence-electron chi connectivity index (χ0n) is 10.3. The maximum absolute atomic E-state index is 11.6. The van der Waals surface area contributed by atoms with Gasteiger partial charge in [-0.15, -0.1) is 0 Å². The Bertz CT molecular complexity index is 351. The molecule has 3 nitrogen and oxygen atoms in total. The lowest BCUT2D eigenvalue weighted by molar-refractivity contribution is -0.121. The molecule has 4 heteroatoms. The summed E-state index contributed by atoms with van der Waals surface area (Å²) >= 11 is 3.39. The molecule has 0 spiro atoms. The first-order valence-electron chi connectivity index (χ1n) is 5.83. The smallest absolute Gasteiger partial charge is 0.220 e. The molecule has 0 aliphatic heterocycles. The summed E-state index contributed by atoms with van der Waals surface area (Å²) in [7, 11) is 1.89. The summed E-state index contributed by atoms with van der Waals surface area (Å²) in [6.45, 7) is 2.87. The lowest BCUT2D eigenvalue weighted by Crippen LogP contribution is -2.27. The van der Waals surface area contributed by atoms with E-state index in [1.54, 1.807) is 0 Å². The Kier molecular flexibility index (Phi) is 6.22. The van der Waals surface area contributed by atoms with Crippen molar-refractivity contribution < 1.29 is 4.79 Å². The molecule has 0 unspecified atom stereocenters. The Hall–Kier alpha value is -0.870. The number of carbonyl (C=O) groups is 1. The van der Waals surface area contributed by atoms with E-state index in [2.05, 4.69) is 26.6 Å². The fourth-order valence-electron chi connectivity index (χ4n) is 1.57. The zero-order chi connectivity index (χ0) is 12.7. The maximum atomic E-state index is 11.6. The molecule has 2 N–H and O–H groups in total. The van der Waals surface area contributed by atoms with Gasteiger partial charge >= 0.3 is 0 Å². The fraction of sp³-hybridized carbons (Fsp3) is 0.462. The highest BCUT2D eigenvalue weighted by Crippen LogP contribution is 2.16. The van der Waals surface area contributed by atoms with E-state index in [9.17, 15) is 4.79 Å². The van der Waals surface area contributed by atoms with Crippen molar-refractivity contribution in [3.63, 3.8) is 0 Å². The SMILES string of the molecule is CNCCCC(=O)N[C@@H](C)c1ccc(Br)cc1. The number of halogens is 1. The van der Waals surface area contributed by atoms with Gasteiger partial charge in [-0.25, -0.2) is 0 Å². The number of carbonyl (C=O) groups excluding carboxylic acids is 1. The third-order valence-corrected chi connectivity index (χ3v) is 3.11. The molecule has 1 aromatic carbocycles. The van der Waals surface area contributed by atoms with E-state index in [0.29, 0.717) is 6.42 Å². The molecule has 1 atom stereocenters. The topological polar surface area (TPSA) is 41.1 Å². The highest BCUT2D eigenvalue weighted by molar-refractivity contribution is 9.10. The van der Waals surface area contributed by atoms with Crippen LogP contribution in [0.25, 0.3) is 0 Å². The van der Waals surface area contributed by atoms with Crippen molar-refractivity contribution in [1.29, 1.82) is 0 Å². The molecule has 1 amide bonds. The number of amides is 1. The molecular formula is C13H19BrN2O. The summed E-state index contributed by atoms with van der Waals surface area (Å²) in [6.07, 6.45) is 1.44. The van der Waals surface area contributed by atoms with Gasteiger partial charge < -0.3 is 10.6 Å².